The van der Waals surface area contributed by atoms with E-state index in [1.165, 1.54) is 0 Å². The van der Waals surface area contributed by atoms with Crippen LogP contribution in [-0.4, -0.2) is 29.5 Å². The van der Waals surface area contributed by atoms with Crippen LogP contribution in [0.25, 0.3) is 0 Å². The number of aliphatic hydroxyl groups excluding tert-OH is 2. The highest BCUT2D eigenvalue weighted by atomic mass is 16.5. The van der Waals surface area contributed by atoms with Crippen molar-refractivity contribution < 1.29 is 19.7 Å². The van der Waals surface area contributed by atoms with Crippen LogP contribution in [0.4, 0.5) is 0 Å². The topological polar surface area (TPSA) is 58.9 Å². The molecule has 0 aliphatic carbocycles. The lowest BCUT2D eigenvalue weighted by molar-refractivity contribution is 0.0536. The molecule has 2 aromatic rings. The molecule has 0 aliphatic heterocycles. The number of hydrogen-bond donors (Lipinski definition) is 2. The van der Waals surface area contributed by atoms with Gasteiger partial charge in [-0.25, -0.2) is 0 Å². The van der Waals surface area contributed by atoms with E-state index < -0.39 is 6.10 Å². The van der Waals surface area contributed by atoms with Crippen LogP contribution in [-0.2, 0) is 0 Å². The summed E-state index contributed by atoms with van der Waals surface area (Å²) in [7, 11) is 0. The molecule has 100 valence electrons. The normalized spacial score (nSPS) is 11.9. The van der Waals surface area contributed by atoms with Crippen molar-refractivity contribution in [3.8, 4) is 17.2 Å². The number of rotatable bonds is 6. The van der Waals surface area contributed by atoms with Gasteiger partial charge in [0.1, 0.15) is 30.0 Å². The van der Waals surface area contributed by atoms with Crippen LogP contribution in [0.1, 0.15) is 0 Å². The summed E-state index contributed by atoms with van der Waals surface area (Å²) in [6.45, 7) is -0.245. The number of para-hydroxylation sites is 1. The van der Waals surface area contributed by atoms with Gasteiger partial charge in [-0.05, 0) is 36.4 Å². The second-order valence-corrected chi connectivity index (χ2v) is 4.03. The van der Waals surface area contributed by atoms with Gasteiger partial charge in [0.25, 0.3) is 0 Å². The maximum Gasteiger partial charge on any atom is 0.127 e. The maximum absolute atomic E-state index is 9.17. The molecule has 0 aromatic heterocycles. The minimum absolute atomic E-state index is 0.0649. The summed E-state index contributed by atoms with van der Waals surface area (Å²) in [5.74, 6) is 2.10. The van der Waals surface area contributed by atoms with Gasteiger partial charge in [0.15, 0.2) is 0 Å². The van der Waals surface area contributed by atoms with E-state index in [9.17, 15) is 0 Å². The van der Waals surface area contributed by atoms with E-state index in [1.807, 2.05) is 30.3 Å². The van der Waals surface area contributed by atoms with Gasteiger partial charge in [0.05, 0.1) is 6.61 Å². The van der Waals surface area contributed by atoms with Gasteiger partial charge >= 0.3 is 0 Å². The zero-order valence-corrected chi connectivity index (χ0v) is 10.4. The summed E-state index contributed by atoms with van der Waals surface area (Å²) in [6.07, 6.45) is -0.861. The molecule has 0 fully saturated rings. The largest absolute Gasteiger partial charge is 0.491 e. The van der Waals surface area contributed by atoms with Crippen LogP contribution in [0.3, 0.4) is 0 Å². The molecule has 1 atom stereocenters. The van der Waals surface area contributed by atoms with Crippen molar-refractivity contribution in [2.45, 2.75) is 6.10 Å². The van der Waals surface area contributed by atoms with Gasteiger partial charge in [-0.1, -0.05) is 18.2 Å². The Bertz CT molecular complexity index is 481. The maximum atomic E-state index is 9.17. The molecule has 0 bridgehead atoms. The molecule has 19 heavy (non-hydrogen) atoms. The van der Waals surface area contributed by atoms with Crippen LogP contribution >= 0.6 is 0 Å². The smallest absolute Gasteiger partial charge is 0.127 e. The Hall–Kier alpha value is -2.04. The Kier molecular flexibility index (Phi) is 4.78. The molecule has 0 amide bonds. The van der Waals surface area contributed by atoms with Gasteiger partial charge < -0.3 is 19.7 Å². The Morgan fingerprint density at radius 1 is 0.842 bits per heavy atom. The van der Waals surface area contributed by atoms with E-state index in [1.54, 1.807) is 24.3 Å². The predicted molar refractivity (Wildman–Crippen MR) is 71.5 cm³/mol. The van der Waals surface area contributed by atoms with E-state index in [0.29, 0.717) is 11.5 Å². The fourth-order valence-corrected chi connectivity index (χ4v) is 1.47. The van der Waals surface area contributed by atoms with Gasteiger partial charge in [0.2, 0.25) is 0 Å². The fraction of sp³-hybridized carbons (Fsp3) is 0.200. The quantitative estimate of drug-likeness (QED) is 0.836. The monoisotopic (exact) mass is 260 g/mol. The Labute approximate surface area is 111 Å². The summed E-state index contributed by atoms with van der Waals surface area (Å²) in [5.41, 5.74) is 0. The molecule has 4 nitrogen and oxygen atoms in total. The molecule has 4 heteroatoms. The van der Waals surface area contributed by atoms with Crippen molar-refractivity contribution in [3.05, 3.63) is 54.6 Å². The zero-order valence-electron chi connectivity index (χ0n) is 10.4. The molecular weight excluding hydrogens is 244 g/mol. The van der Waals surface area contributed by atoms with Crippen LogP contribution in [0.5, 0.6) is 17.2 Å². The third-order valence-electron chi connectivity index (χ3n) is 2.46. The number of benzene rings is 2. The van der Waals surface area contributed by atoms with Crippen molar-refractivity contribution in [2.75, 3.05) is 13.2 Å². The molecular formula is C15H16O4. The van der Waals surface area contributed by atoms with Crippen molar-refractivity contribution >= 4 is 0 Å². The fourth-order valence-electron chi connectivity index (χ4n) is 1.47. The second-order valence-electron chi connectivity index (χ2n) is 4.03. The van der Waals surface area contributed by atoms with E-state index in [-0.39, 0.29) is 13.2 Å². The van der Waals surface area contributed by atoms with Crippen molar-refractivity contribution in [1.29, 1.82) is 0 Å². The third kappa shape index (κ3) is 4.28. The molecule has 2 rings (SSSR count). The average Bonchev–Trinajstić information content (AvgIpc) is 2.47. The first-order valence-electron chi connectivity index (χ1n) is 6.02. The predicted octanol–water partition coefficient (Wildman–Crippen LogP) is 2.21. The number of aliphatic hydroxyl groups is 2. The second kappa shape index (κ2) is 6.78. The number of hydrogen-bond acceptors (Lipinski definition) is 4. The molecule has 2 aromatic carbocycles. The first kappa shape index (κ1) is 13.4. The lowest BCUT2D eigenvalue weighted by Crippen LogP contribution is -2.21. The molecule has 0 saturated heterocycles. The molecule has 0 radical (unpaired) electrons. The Morgan fingerprint density at radius 2 is 1.42 bits per heavy atom. The van der Waals surface area contributed by atoms with Crippen LogP contribution < -0.4 is 9.47 Å². The summed E-state index contributed by atoms with van der Waals surface area (Å²) >= 11 is 0. The minimum Gasteiger partial charge on any atom is -0.491 e. The van der Waals surface area contributed by atoms with Gasteiger partial charge in [-0.15, -0.1) is 0 Å². The van der Waals surface area contributed by atoms with Gasteiger partial charge in [-0.3, -0.25) is 0 Å². The zero-order chi connectivity index (χ0) is 13.5. The highest BCUT2D eigenvalue weighted by Gasteiger charge is 2.03. The standard InChI is InChI=1S/C15H16O4/c16-10-12(17)11-18-13-6-8-15(9-7-13)19-14-4-2-1-3-5-14/h1-9,12,16-17H,10-11H2/t12-/m0/s1. The molecule has 0 spiro atoms. The molecule has 2 N–H and O–H groups in total. The summed E-state index contributed by atoms with van der Waals surface area (Å²) in [5, 5.41) is 17.8. The molecule has 0 aliphatic rings. The van der Waals surface area contributed by atoms with Crippen molar-refractivity contribution in [3.63, 3.8) is 0 Å². The SMILES string of the molecule is OC[C@H](O)COc1ccc(Oc2ccccc2)cc1. The highest BCUT2D eigenvalue weighted by Crippen LogP contribution is 2.23. The van der Waals surface area contributed by atoms with Crippen molar-refractivity contribution in [2.24, 2.45) is 0 Å². The van der Waals surface area contributed by atoms with E-state index in [0.717, 1.165) is 5.75 Å². The van der Waals surface area contributed by atoms with Crippen molar-refractivity contribution in [1.82, 2.24) is 0 Å². The van der Waals surface area contributed by atoms with Crippen LogP contribution in [0, 0.1) is 0 Å². The summed E-state index contributed by atoms with van der Waals surface area (Å²) < 4.78 is 10.9. The first-order valence-corrected chi connectivity index (χ1v) is 6.02. The lowest BCUT2D eigenvalue weighted by Gasteiger charge is -2.10. The van der Waals surface area contributed by atoms with E-state index >= 15 is 0 Å². The first-order chi connectivity index (χ1) is 9.28. The lowest BCUT2D eigenvalue weighted by atomic mass is 10.3. The Balaban J connectivity index is 1.91. The van der Waals surface area contributed by atoms with Crippen LogP contribution in [0.15, 0.2) is 54.6 Å². The van der Waals surface area contributed by atoms with Gasteiger partial charge in [0, 0.05) is 0 Å². The minimum atomic E-state index is -0.861. The molecule has 0 saturated carbocycles. The van der Waals surface area contributed by atoms with Gasteiger partial charge in [-0.2, -0.15) is 0 Å². The average molecular weight is 260 g/mol. The summed E-state index contributed by atoms with van der Waals surface area (Å²) in [4.78, 5) is 0. The van der Waals surface area contributed by atoms with Crippen LogP contribution in [0.2, 0.25) is 0 Å². The van der Waals surface area contributed by atoms with E-state index in [4.69, 9.17) is 19.7 Å². The molecule has 0 heterocycles. The third-order valence-corrected chi connectivity index (χ3v) is 2.46. The highest BCUT2D eigenvalue weighted by molar-refractivity contribution is 5.35. The molecule has 0 unspecified atom stereocenters. The van der Waals surface area contributed by atoms with E-state index in [2.05, 4.69) is 0 Å². The number of ether oxygens (including phenoxy) is 2. The summed E-state index contributed by atoms with van der Waals surface area (Å²) in [6, 6.07) is 16.6. The Morgan fingerprint density at radius 3 is 2.05 bits per heavy atom.